The summed E-state index contributed by atoms with van der Waals surface area (Å²) in [6, 6.07) is 1.62. The molecule has 0 bridgehead atoms. The summed E-state index contributed by atoms with van der Waals surface area (Å²) in [6.45, 7) is 1.30. The zero-order chi connectivity index (χ0) is 15.7. The maximum atomic E-state index is 12.5. The molecule has 0 spiro atoms. The Morgan fingerprint density at radius 3 is 2.55 bits per heavy atom. The molecule has 9 heteroatoms. The van der Waals surface area contributed by atoms with Crippen LogP contribution in [0.4, 0.5) is 0 Å². The van der Waals surface area contributed by atoms with Gasteiger partial charge in [-0.15, -0.1) is 0 Å². The summed E-state index contributed by atoms with van der Waals surface area (Å²) in [5, 5.41) is 0. The van der Waals surface area contributed by atoms with Crippen molar-refractivity contribution in [3.63, 3.8) is 0 Å². The lowest BCUT2D eigenvalue weighted by Gasteiger charge is -2.33. The standard InChI is InChI=1S/C13H19N5O3S/c1-14-22(20,21)18-8-6-17(7-9-18)13(19)11-4-5-15-12(16-11)10-2-3-10/h4-5,10,14H,2-3,6-9H2,1H3. The third-order valence-electron chi connectivity index (χ3n) is 3.96. The van der Waals surface area contributed by atoms with Gasteiger partial charge in [-0.05, 0) is 18.9 Å². The van der Waals surface area contributed by atoms with E-state index < -0.39 is 10.2 Å². The minimum Gasteiger partial charge on any atom is -0.335 e. The van der Waals surface area contributed by atoms with Crippen molar-refractivity contribution in [2.45, 2.75) is 18.8 Å². The van der Waals surface area contributed by atoms with Crippen LogP contribution in [0.5, 0.6) is 0 Å². The summed E-state index contributed by atoms with van der Waals surface area (Å²) in [5.41, 5.74) is 0.391. The monoisotopic (exact) mass is 325 g/mol. The van der Waals surface area contributed by atoms with Crippen LogP contribution < -0.4 is 4.72 Å². The second-order valence-corrected chi connectivity index (χ2v) is 7.35. The molecule has 1 saturated heterocycles. The van der Waals surface area contributed by atoms with E-state index in [4.69, 9.17) is 0 Å². The highest BCUT2D eigenvalue weighted by atomic mass is 32.2. The van der Waals surface area contributed by atoms with Crippen LogP contribution in [0.2, 0.25) is 0 Å². The fraction of sp³-hybridized carbons (Fsp3) is 0.615. The number of hydrogen-bond donors (Lipinski definition) is 1. The molecule has 120 valence electrons. The summed E-state index contributed by atoms with van der Waals surface area (Å²) in [5.74, 6) is 0.971. The van der Waals surface area contributed by atoms with Gasteiger partial charge in [-0.25, -0.2) is 14.7 Å². The molecule has 3 rings (SSSR count). The first-order valence-electron chi connectivity index (χ1n) is 7.32. The van der Waals surface area contributed by atoms with Crippen molar-refractivity contribution in [2.75, 3.05) is 33.2 Å². The van der Waals surface area contributed by atoms with Gasteiger partial charge in [0.25, 0.3) is 16.1 Å². The number of aromatic nitrogens is 2. The number of carbonyl (C=O) groups excluding carboxylic acids is 1. The largest absolute Gasteiger partial charge is 0.335 e. The Bertz CT molecular complexity index is 666. The van der Waals surface area contributed by atoms with Crippen LogP contribution in [0.1, 0.15) is 35.1 Å². The van der Waals surface area contributed by atoms with Crippen molar-refractivity contribution in [1.82, 2.24) is 23.9 Å². The lowest BCUT2D eigenvalue weighted by atomic mass is 10.3. The van der Waals surface area contributed by atoms with Crippen molar-refractivity contribution in [1.29, 1.82) is 0 Å². The number of amides is 1. The number of nitrogens with zero attached hydrogens (tertiary/aromatic N) is 4. The first-order valence-corrected chi connectivity index (χ1v) is 8.76. The van der Waals surface area contributed by atoms with Crippen LogP contribution in [-0.4, -0.2) is 66.7 Å². The van der Waals surface area contributed by atoms with Crippen LogP contribution in [0.3, 0.4) is 0 Å². The lowest BCUT2D eigenvalue weighted by Crippen LogP contribution is -2.52. The van der Waals surface area contributed by atoms with Gasteiger partial charge in [-0.2, -0.15) is 12.7 Å². The topological polar surface area (TPSA) is 95.5 Å². The van der Waals surface area contributed by atoms with E-state index in [1.807, 2.05) is 0 Å². The molecule has 22 heavy (non-hydrogen) atoms. The molecular weight excluding hydrogens is 306 g/mol. The lowest BCUT2D eigenvalue weighted by molar-refractivity contribution is 0.0691. The molecule has 1 N–H and O–H groups in total. The van der Waals surface area contributed by atoms with E-state index in [0.29, 0.717) is 24.7 Å². The average molecular weight is 325 g/mol. The van der Waals surface area contributed by atoms with Crippen LogP contribution in [0.15, 0.2) is 12.3 Å². The molecule has 0 atom stereocenters. The van der Waals surface area contributed by atoms with Crippen molar-refractivity contribution in [3.8, 4) is 0 Å². The SMILES string of the molecule is CNS(=O)(=O)N1CCN(C(=O)c2ccnc(C3CC3)n2)CC1. The second-order valence-electron chi connectivity index (χ2n) is 5.47. The van der Waals surface area contributed by atoms with Gasteiger partial charge in [0.15, 0.2) is 0 Å². The molecule has 2 heterocycles. The van der Waals surface area contributed by atoms with E-state index in [2.05, 4.69) is 14.7 Å². The first-order chi connectivity index (χ1) is 10.5. The Labute approximate surface area is 129 Å². The maximum Gasteiger partial charge on any atom is 0.279 e. The maximum absolute atomic E-state index is 12.5. The van der Waals surface area contributed by atoms with E-state index in [-0.39, 0.29) is 19.0 Å². The highest BCUT2D eigenvalue weighted by Crippen LogP contribution is 2.37. The molecule has 0 aromatic carbocycles. The van der Waals surface area contributed by atoms with Gasteiger partial charge < -0.3 is 4.90 Å². The number of rotatable bonds is 4. The molecule has 1 amide bonds. The summed E-state index contributed by atoms with van der Waals surface area (Å²) in [6.07, 6.45) is 3.78. The Hall–Kier alpha value is -1.58. The molecule has 8 nitrogen and oxygen atoms in total. The van der Waals surface area contributed by atoms with Crippen molar-refractivity contribution in [2.24, 2.45) is 0 Å². The van der Waals surface area contributed by atoms with Gasteiger partial charge in [-0.3, -0.25) is 4.79 Å². The van der Waals surface area contributed by atoms with E-state index in [1.54, 1.807) is 17.2 Å². The van der Waals surface area contributed by atoms with Crippen LogP contribution in [0.25, 0.3) is 0 Å². The summed E-state index contributed by atoms with van der Waals surface area (Å²) in [4.78, 5) is 22.7. The van der Waals surface area contributed by atoms with Crippen LogP contribution in [-0.2, 0) is 10.2 Å². The Kier molecular flexibility index (Phi) is 4.11. The molecular formula is C13H19N5O3S. The minimum atomic E-state index is -3.42. The van der Waals surface area contributed by atoms with E-state index in [1.165, 1.54) is 11.4 Å². The summed E-state index contributed by atoms with van der Waals surface area (Å²) >= 11 is 0. The quantitative estimate of drug-likeness (QED) is 0.811. The normalized spacial score (nSPS) is 20.1. The van der Waals surface area contributed by atoms with Gasteiger partial charge in [0.05, 0.1) is 0 Å². The van der Waals surface area contributed by atoms with Gasteiger partial charge >= 0.3 is 0 Å². The predicted octanol–water partition coefficient (Wildman–Crippen LogP) is -0.424. The van der Waals surface area contributed by atoms with Gasteiger partial charge in [-0.1, -0.05) is 0 Å². The van der Waals surface area contributed by atoms with Crippen LogP contribution >= 0.6 is 0 Å². The number of nitrogens with one attached hydrogen (secondary N) is 1. The fourth-order valence-electron chi connectivity index (χ4n) is 2.45. The van der Waals surface area contributed by atoms with Gasteiger partial charge in [0.1, 0.15) is 11.5 Å². The molecule has 0 radical (unpaired) electrons. The van der Waals surface area contributed by atoms with E-state index >= 15 is 0 Å². The molecule has 1 aliphatic heterocycles. The Balaban J connectivity index is 1.66. The first kappa shape index (κ1) is 15.3. The molecule has 1 aromatic heterocycles. The highest BCUT2D eigenvalue weighted by molar-refractivity contribution is 7.87. The molecule has 0 unspecified atom stereocenters. The summed E-state index contributed by atoms with van der Waals surface area (Å²) < 4.78 is 27.1. The Morgan fingerprint density at radius 1 is 1.27 bits per heavy atom. The average Bonchev–Trinajstić information content (AvgIpc) is 3.39. The van der Waals surface area contributed by atoms with Crippen molar-refractivity contribution >= 4 is 16.1 Å². The number of piperazine rings is 1. The molecule has 1 aliphatic carbocycles. The zero-order valence-electron chi connectivity index (χ0n) is 12.4. The summed E-state index contributed by atoms with van der Waals surface area (Å²) in [7, 11) is -2.04. The molecule has 2 fully saturated rings. The van der Waals surface area contributed by atoms with Crippen LogP contribution in [0, 0.1) is 0 Å². The van der Waals surface area contributed by atoms with Gasteiger partial charge in [0.2, 0.25) is 0 Å². The number of carbonyl (C=O) groups is 1. The second kappa shape index (κ2) is 5.90. The molecule has 2 aliphatic rings. The van der Waals surface area contributed by atoms with Gasteiger partial charge in [0, 0.05) is 45.3 Å². The Morgan fingerprint density at radius 2 is 1.95 bits per heavy atom. The third kappa shape index (κ3) is 3.11. The van der Waals surface area contributed by atoms with Crippen molar-refractivity contribution < 1.29 is 13.2 Å². The third-order valence-corrected chi connectivity index (χ3v) is 5.52. The predicted molar refractivity (Wildman–Crippen MR) is 79.5 cm³/mol. The number of hydrogen-bond acceptors (Lipinski definition) is 5. The van der Waals surface area contributed by atoms with E-state index in [9.17, 15) is 13.2 Å². The minimum absolute atomic E-state index is 0.161. The molecule has 1 aromatic rings. The molecule has 1 saturated carbocycles. The fourth-order valence-corrected chi connectivity index (χ4v) is 3.36. The highest BCUT2D eigenvalue weighted by Gasteiger charge is 2.30. The smallest absolute Gasteiger partial charge is 0.279 e. The van der Waals surface area contributed by atoms with E-state index in [0.717, 1.165) is 18.7 Å². The zero-order valence-corrected chi connectivity index (χ0v) is 13.2. The van der Waals surface area contributed by atoms with Crippen molar-refractivity contribution in [3.05, 3.63) is 23.8 Å².